The van der Waals surface area contributed by atoms with E-state index < -0.39 is 6.04 Å². The Balaban J connectivity index is 1.65. The van der Waals surface area contributed by atoms with E-state index in [9.17, 15) is 9.59 Å². The molecule has 3 rings (SSSR count). The summed E-state index contributed by atoms with van der Waals surface area (Å²) < 4.78 is 10.2. The highest BCUT2D eigenvalue weighted by Crippen LogP contribution is 2.25. The van der Waals surface area contributed by atoms with Gasteiger partial charge in [0.1, 0.15) is 11.5 Å². The molecule has 1 N–H and O–H groups in total. The molecule has 0 bridgehead atoms. The molecule has 1 fully saturated rings. The molecule has 0 radical (unpaired) electrons. The number of hydrogen-bond donors (Lipinski definition) is 1. The van der Waals surface area contributed by atoms with Crippen molar-refractivity contribution in [2.45, 2.75) is 19.0 Å². The number of methoxy groups -OCH3 is 2. The van der Waals surface area contributed by atoms with Gasteiger partial charge in [0, 0.05) is 6.54 Å². The van der Waals surface area contributed by atoms with Gasteiger partial charge in [0.2, 0.25) is 5.91 Å². The Morgan fingerprint density at radius 2 is 1.52 bits per heavy atom. The number of anilines is 1. The van der Waals surface area contributed by atoms with Gasteiger partial charge in [-0.2, -0.15) is 0 Å². The molecule has 1 heterocycles. The van der Waals surface area contributed by atoms with Gasteiger partial charge >= 0.3 is 0 Å². The summed E-state index contributed by atoms with van der Waals surface area (Å²) in [6.45, 7) is 0.504. The van der Waals surface area contributed by atoms with Crippen molar-refractivity contribution in [1.29, 1.82) is 0 Å². The Labute approximate surface area is 146 Å². The molecule has 1 aliphatic heterocycles. The standard InChI is InChI=1S/C19H20N2O4/c1-24-15-7-3-13(4-8-15)12-20-17-11-18(22)21(19(17)23)14-5-9-16(25-2)10-6-14/h3-10,17,20H,11-12H2,1-2H3. The van der Waals surface area contributed by atoms with Crippen LogP contribution >= 0.6 is 0 Å². The summed E-state index contributed by atoms with van der Waals surface area (Å²) in [5.41, 5.74) is 1.58. The first-order chi connectivity index (χ1) is 12.1. The van der Waals surface area contributed by atoms with E-state index in [1.165, 1.54) is 4.90 Å². The molecular weight excluding hydrogens is 320 g/mol. The Kier molecular flexibility index (Phi) is 5.00. The lowest BCUT2D eigenvalue weighted by molar-refractivity contribution is -0.121. The molecule has 0 saturated carbocycles. The molecule has 2 amide bonds. The minimum absolute atomic E-state index is 0.154. The second-order valence-corrected chi connectivity index (χ2v) is 5.75. The molecule has 1 aliphatic rings. The second kappa shape index (κ2) is 7.36. The summed E-state index contributed by atoms with van der Waals surface area (Å²) in [6.07, 6.45) is 0.154. The number of nitrogens with zero attached hydrogens (tertiary/aromatic N) is 1. The quantitative estimate of drug-likeness (QED) is 0.816. The molecule has 130 valence electrons. The zero-order chi connectivity index (χ0) is 17.8. The maximum atomic E-state index is 12.6. The van der Waals surface area contributed by atoms with Gasteiger partial charge in [0.15, 0.2) is 0 Å². The zero-order valence-corrected chi connectivity index (χ0v) is 14.2. The molecule has 1 atom stereocenters. The van der Waals surface area contributed by atoms with Crippen molar-refractivity contribution in [3.8, 4) is 11.5 Å². The molecule has 1 saturated heterocycles. The molecule has 25 heavy (non-hydrogen) atoms. The number of carbonyl (C=O) groups is 2. The van der Waals surface area contributed by atoms with Crippen LogP contribution in [0.3, 0.4) is 0 Å². The van der Waals surface area contributed by atoms with E-state index in [1.807, 2.05) is 24.3 Å². The summed E-state index contributed by atoms with van der Waals surface area (Å²) in [5, 5.41) is 3.16. The number of ether oxygens (including phenoxy) is 2. The van der Waals surface area contributed by atoms with Gasteiger partial charge in [-0.3, -0.25) is 9.59 Å². The Bertz CT molecular complexity index is 756. The normalized spacial score (nSPS) is 17.0. The van der Waals surface area contributed by atoms with Crippen molar-refractivity contribution in [1.82, 2.24) is 5.32 Å². The first-order valence-corrected chi connectivity index (χ1v) is 7.99. The van der Waals surface area contributed by atoms with Crippen LogP contribution in [0.25, 0.3) is 0 Å². The number of imide groups is 1. The monoisotopic (exact) mass is 340 g/mol. The molecule has 2 aromatic carbocycles. The Morgan fingerprint density at radius 1 is 0.960 bits per heavy atom. The SMILES string of the molecule is COc1ccc(CNC2CC(=O)N(c3ccc(OC)cc3)C2=O)cc1. The minimum atomic E-state index is -0.517. The number of rotatable bonds is 6. The number of nitrogens with one attached hydrogen (secondary N) is 1. The fourth-order valence-corrected chi connectivity index (χ4v) is 2.78. The van der Waals surface area contributed by atoms with Gasteiger partial charge in [0.05, 0.1) is 32.4 Å². The van der Waals surface area contributed by atoms with Crippen LogP contribution in [0.4, 0.5) is 5.69 Å². The summed E-state index contributed by atoms with van der Waals surface area (Å²) in [5.74, 6) is 1.02. The average molecular weight is 340 g/mol. The minimum Gasteiger partial charge on any atom is -0.497 e. The highest BCUT2D eigenvalue weighted by Gasteiger charge is 2.39. The predicted octanol–water partition coefficient (Wildman–Crippen LogP) is 2.13. The molecule has 0 aromatic heterocycles. The van der Waals surface area contributed by atoms with E-state index in [0.29, 0.717) is 18.0 Å². The van der Waals surface area contributed by atoms with Crippen molar-refractivity contribution in [3.05, 3.63) is 54.1 Å². The maximum Gasteiger partial charge on any atom is 0.251 e. The van der Waals surface area contributed by atoms with Gasteiger partial charge < -0.3 is 14.8 Å². The average Bonchev–Trinajstić information content (AvgIpc) is 2.94. The van der Waals surface area contributed by atoms with Crippen LogP contribution in [0.15, 0.2) is 48.5 Å². The first-order valence-electron chi connectivity index (χ1n) is 7.99. The van der Waals surface area contributed by atoms with Crippen molar-refractivity contribution in [2.24, 2.45) is 0 Å². The zero-order valence-electron chi connectivity index (χ0n) is 14.2. The van der Waals surface area contributed by atoms with Gasteiger partial charge in [0.25, 0.3) is 5.91 Å². The summed E-state index contributed by atoms with van der Waals surface area (Å²) >= 11 is 0. The molecule has 6 heteroatoms. The van der Waals surface area contributed by atoms with Crippen molar-refractivity contribution < 1.29 is 19.1 Å². The van der Waals surface area contributed by atoms with Crippen LogP contribution in [0.2, 0.25) is 0 Å². The van der Waals surface area contributed by atoms with Gasteiger partial charge in [-0.05, 0) is 42.0 Å². The topological polar surface area (TPSA) is 67.9 Å². The summed E-state index contributed by atoms with van der Waals surface area (Å²) in [7, 11) is 3.18. The van der Waals surface area contributed by atoms with E-state index >= 15 is 0 Å². The third-order valence-corrected chi connectivity index (χ3v) is 4.19. The van der Waals surface area contributed by atoms with Crippen molar-refractivity contribution >= 4 is 17.5 Å². The molecule has 0 spiro atoms. The van der Waals surface area contributed by atoms with Gasteiger partial charge in [-0.1, -0.05) is 12.1 Å². The fourth-order valence-electron chi connectivity index (χ4n) is 2.78. The van der Waals surface area contributed by atoms with Crippen LogP contribution in [-0.4, -0.2) is 32.1 Å². The summed E-state index contributed by atoms with van der Waals surface area (Å²) in [4.78, 5) is 26.1. The van der Waals surface area contributed by atoms with Crippen LogP contribution < -0.4 is 19.7 Å². The Hall–Kier alpha value is -2.86. The first kappa shape index (κ1) is 17.0. The van der Waals surface area contributed by atoms with Crippen LogP contribution in [0.1, 0.15) is 12.0 Å². The molecular formula is C19H20N2O4. The van der Waals surface area contributed by atoms with E-state index in [-0.39, 0.29) is 18.2 Å². The van der Waals surface area contributed by atoms with Crippen LogP contribution in [-0.2, 0) is 16.1 Å². The van der Waals surface area contributed by atoms with E-state index in [2.05, 4.69) is 5.32 Å². The molecule has 2 aromatic rings. The highest BCUT2D eigenvalue weighted by molar-refractivity contribution is 6.22. The molecule has 1 unspecified atom stereocenters. The van der Waals surface area contributed by atoms with Crippen LogP contribution in [0, 0.1) is 0 Å². The van der Waals surface area contributed by atoms with Gasteiger partial charge in [-0.15, -0.1) is 0 Å². The van der Waals surface area contributed by atoms with Crippen molar-refractivity contribution in [2.75, 3.05) is 19.1 Å². The van der Waals surface area contributed by atoms with Crippen LogP contribution in [0.5, 0.6) is 11.5 Å². The summed E-state index contributed by atoms with van der Waals surface area (Å²) in [6, 6.07) is 13.9. The lowest BCUT2D eigenvalue weighted by Gasteiger charge is -2.16. The Morgan fingerprint density at radius 3 is 2.08 bits per heavy atom. The predicted molar refractivity (Wildman–Crippen MR) is 93.7 cm³/mol. The largest absolute Gasteiger partial charge is 0.497 e. The number of hydrogen-bond acceptors (Lipinski definition) is 5. The fraction of sp³-hybridized carbons (Fsp3) is 0.263. The van der Waals surface area contributed by atoms with Gasteiger partial charge in [-0.25, -0.2) is 4.90 Å². The molecule has 0 aliphatic carbocycles. The number of benzene rings is 2. The van der Waals surface area contributed by atoms with Crippen molar-refractivity contribution in [3.63, 3.8) is 0 Å². The third-order valence-electron chi connectivity index (χ3n) is 4.19. The smallest absolute Gasteiger partial charge is 0.251 e. The highest BCUT2D eigenvalue weighted by atomic mass is 16.5. The third kappa shape index (κ3) is 3.64. The van der Waals surface area contributed by atoms with E-state index in [0.717, 1.165) is 11.3 Å². The molecule has 6 nitrogen and oxygen atoms in total. The lowest BCUT2D eigenvalue weighted by atomic mass is 10.2. The number of amides is 2. The lowest BCUT2D eigenvalue weighted by Crippen LogP contribution is -2.38. The number of carbonyl (C=O) groups excluding carboxylic acids is 2. The van der Waals surface area contributed by atoms with E-state index in [4.69, 9.17) is 9.47 Å². The second-order valence-electron chi connectivity index (χ2n) is 5.75. The maximum absolute atomic E-state index is 12.6. The van der Waals surface area contributed by atoms with E-state index in [1.54, 1.807) is 38.5 Å².